The summed E-state index contributed by atoms with van der Waals surface area (Å²) in [5, 5.41) is 24.1. The number of thiophene rings is 1. The Morgan fingerprint density at radius 3 is 3.00 bits per heavy atom. The van der Waals surface area contributed by atoms with Gasteiger partial charge in [0.1, 0.15) is 17.2 Å². The van der Waals surface area contributed by atoms with Crippen LogP contribution in [0.4, 0.5) is 0 Å². The van der Waals surface area contributed by atoms with Gasteiger partial charge in [-0.3, -0.25) is 4.79 Å². The Kier molecular flexibility index (Phi) is 4.77. The summed E-state index contributed by atoms with van der Waals surface area (Å²) < 4.78 is 1.35. The van der Waals surface area contributed by atoms with E-state index in [2.05, 4.69) is 20.8 Å². The SMILES string of the molecule is C/C=C/CC(NC(=O)c1sccc1-n1cnnn1)C(=O)O. The number of rotatable bonds is 6. The molecule has 110 valence electrons. The zero-order valence-corrected chi connectivity index (χ0v) is 11.9. The van der Waals surface area contributed by atoms with Crippen molar-refractivity contribution < 1.29 is 14.7 Å². The van der Waals surface area contributed by atoms with Gasteiger partial charge in [0.25, 0.3) is 5.91 Å². The summed E-state index contributed by atoms with van der Waals surface area (Å²) in [4.78, 5) is 23.7. The van der Waals surface area contributed by atoms with Crippen LogP contribution in [0.1, 0.15) is 23.0 Å². The molecule has 0 aliphatic carbocycles. The van der Waals surface area contributed by atoms with Crippen LogP contribution in [0.3, 0.4) is 0 Å². The van der Waals surface area contributed by atoms with Crippen molar-refractivity contribution in [1.29, 1.82) is 0 Å². The van der Waals surface area contributed by atoms with Crippen LogP contribution in [-0.4, -0.2) is 43.2 Å². The van der Waals surface area contributed by atoms with E-state index in [1.165, 1.54) is 22.3 Å². The number of allylic oxidation sites excluding steroid dienone is 1. The van der Waals surface area contributed by atoms with Crippen LogP contribution in [0, 0.1) is 0 Å². The second-order valence-electron chi connectivity index (χ2n) is 4.06. The van der Waals surface area contributed by atoms with Gasteiger partial charge < -0.3 is 10.4 Å². The van der Waals surface area contributed by atoms with Crippen LogP contribution in [-0.2, 0) is 4.79 Å². The Morgan fingerprint density at radius 1 is 1.57 bits per heavy atom. The van der Waals surface area contributed by atoms with Crippen LogP contribution in [0.15, 0.2) is 29.9 Å². The molecule has 0 aliphatic heterocycles. The minimum atomic E-state index is -1.08. The molecule has 2 aromatic rings. The number of aromatic nitrogens is 4. The fourth-order valence-electron chi connectivity index (χ4n) is 1.64. The molecular formula is C12H13N5O3S. The van der Waals surface area contributed by atoms with Gasteiger partial charge in [0.2, 0.25) is 0 Å². The first-order chi connectivity index (χ1) is 10.1. The van der Waals surface area contributed by atoms with Crippen LogP contribution < -0.4 is 5.32 Å². The third-order valence-electron chi connectivity index (χ3n) is 2.66. The molecule has 0 bridgehead atoms. The van der Waals surface area contributed by atoms with E-state index in [0.29, 0.717) is 10.6 Å². The Balaban J connectivity index is 2.17. The molecule has 21 heavy (non-hydrogen) atoms. The molecule has 0 aliphatic rings. The first kappa shape index (κ1) is 14.9. The van der Waals surface area contributed by atoms with Crippen LogP contribution in [0.5, 0.6) is 0 Å². The van der Waals surface area contributed by atoms with Crippen molar-refractivity contribution in [3.63, 3.8) is 0 Å². The molecule has 1 unspecified atom stereocenters. The molecule has 8 nitrogen and oxygen atoms in total. The average Bonchev–Trinajstić information content (AvgIpc) is 3.11. The number of carbonyl (C=O) groups is 2. The maximum atomic E-state index is 12.2. The van der Waals surface area contributed by atoms with E-state index in [-0.39, 0.29) is 6.42 Å². The Morgan fingerprint density at radius 2 is 2.38 bits per heavy atom. The molecule has 2 rings (SSSR count). The topological polar surface area (TPSA) is 110 Å². The van der Waals surface area contributed by atoms with Crippen LogP contribution >= 0.6 is 11.3 Å². The highest BCUT2D eigenvalue weighted by Crippen LogP contribution is 2.20. The van der Waals surface area contributed by atoms with E-state index in [0.717, 1.165) is 0 Å². The van der Waals surface area contributed by atoms with Crippen LogP contribution in [0.2, 0.25) is 0 Å². The highest BCUT2D eigenvalue weighted by molar-refractivity contribution is 7.12. The molecular weight excluding hydrogens is 294 g/mol. The van der Waals surface area contributed by atoms with Crippen molar-refractivity contribution in [2.24, 2.45) is 0 Å². The Labute approximate surface area is 124 Å². The van der Waals surface area contributed by atoms with E-state index in [1.807, 2.05) is 0 Å². The summed E-state index contributed by atoms with van der Waals surface area (Å²) in [7, 11) is 0. The van der Waals surface area contributed by atoms with Gasteiger partial charge in [0, 0.05) is 0 Å². The lowest BCUT2D eigenvalue weighted by atomic mass is 10.2. The number of carbonyl (C=O) groups excluding carboxylic acids is 1. The summed E-state index contributed by atoms with van der Waals surface area (Å²) in [6.07, 6.45) is 5.02. The molecule has 0 saturated heterocycles. The number of hydrogen-bond acceptors (Lipinski definition) is 6. The Bertz CT molecular complexity index is 650. The fraction of sp³-hybridized carbons (Fsp3) is 0.250. The monoisotopic (exact) mass is 307 g/mol. The fourth-order valence-corrected chi connectivity index (χ4v) is 2.42. The molecule has 9 heteroatoms. The lowest BCUT2D eigenvalue weighted by Gasteiger charge is -2.12. The van der Waals surface area contributed by atoms with Gasteiger partial charge >= 0.3 is 5.97 Å². The number of amides is 1. The van der Waals surface area contributed by atoms with E-state index in [1.54, 1.807) is 30.5 Å². The molecule has 0 radical (unpaired) electrons. The number of nitrogens with zero attached hydrogens (tertiary/aromatic N) is 4. The molecule has 0 fully saturated rings. The van der Waals surface area contributed by atoms with Gasteiger partial charge in [-0.25, -0.2) is 4.79 Å². The smallest absolute Gasteiger partial charge is 0.326 e. The highest BCUT2D eigenvalue weighted by Gasteiger charge is 2.22. The van der Waals surface area contributed by atoms with Gasteiger partial charge in [0.15, 0.2) is 0 Å². The molecule has 2 aromatic heterocycles. The summed E-state index contributed by atoms with van der Waals surface area (Å²) in [5.74, 6) is -1.55. The minimum Gasteiger partial charge on any atom is -0.480 e. The largest absolute Gasteiger partial charge is 0.480 e. The lowest BCUT2D eigenvalue weighted by molar-refractivity contribution is -0.139. The predicted molar refractivity (Wildman–Crippen MR) is 75.4 cm³/mol. The summed E-state index contributed by atoms with van der Waals surface area (Å²) >= 11 is 1.19. The normalized spacial score (nSPS) is 12.4. The van der Waals surface area contributed by atoms with Crippen molar-refractivity contribution in [1.82, 2.24) is 25.5 Å². The summed E-state index contributed by atoms with van der Waals surface area (Å²) in [6.45, 7) is 1.79. The molecule has 0 aromatic carbocycles. The van der Waals surface area contributed by atoms with Crippen molar-refractivity contribution in [2.45, 2.75) is 19.4 Å². The molecule has 1 amide bonds. The molecule has 0 spiro atoms. The number of tetrazole rings is 1. The number of carboxylic acids is 1. The standard InChI is InChI=1S/C12H13N5O3S/c1-2-3-4-8(12(19)20)14-11(18)10-9(5-6-21-10)17-7-13-15-16-17/h2-3,5-8H,4H2,1H3,(H,14,18)(H,19,20)/b3-2+. The highest BCUT2D eigenvalue weighted by atomic mass is 32.1. The lowest BCUT2D eigenvalue weighted by Crippen LogP contribution is -2.40. The van der Waals surface area contributed by atoms with Gasteiger partial charge in [-0.1, -0.05) is 12.2 Å². The van der Waals surface area contributed by atoms with E-state index < -0.39 is 17.9 Å². The third-order valence-corrected chi connectivity index (χ3v) is 3.56. The number of nitrogens with one attached hydrogen (secondary N) is 1. The maximum absolute atomic E-state index is 12.2. The van der Waals surface area contributed by atoms with E-state index >= 15 is 0 Å². The van der Waals surface area contributed by atoms with E-state index in [4.69, 9.17) is 5.11 Å². The van der Waals surface area contributed by atoms with Crippen molar-refractivity contribution >= 4 is 23.2 Å². The minimum absolute atomic E-state index is 0.225. The maximum Gasteiger partial charge on any atom is 0.326 e. The van der Waals surface area contributed by atoms with Gasteiger partial charge in [-0.2, -0.15) is 4.68 Å². The number of hydrogen-bond donors (Lipinski definition) is 2. The summed E-state index contributed by atoms with van der Waals surface area (Å²) in [5.41, 5.74) is 0.512. The van der Waals surface area contributed by atoms with Crippen molar-refractivity contribution in [3.8, 4) is 5.69 Å². The molecule has 1 atom stereocenters. The first-order valence-corrected chi connectivity index (χ1v) is 6.97. The average molecular weight is 307 g/mol. The quantitative estimate of drug-likeness (QED) is 0.766. The second kappa shape index (κ2) is 6.75. The number of carboxylic acid groups (broad SMARTS) is 1. The molecule has 2 heterocycles. The number of aliphatic carboxylic acids is 1. The third kappa shape index (κ3) is 3.51. The van der Waals surface area contributed by atoms with Crippen molar-refractivity contribution in [3.05, 3.63) is 34.8 Å². The van der Waals surface area contributed by atoms with Gasteiger partial charge in [-0.05, 0) is 35.2 Å². The van der Waals surface area contributed by atoms with Crippen LogP contribution in [0.25, 0.3) is 5.69 Å². The Hall–Kier alpha value is -2.55. The predicted octanol–water partition coefficient (Wildman–Crippen LogP) is 0.873. The summed E-state index contributed by atoms with van der Waals surface area (Å²) in [6, 6.07) is 0.718. The first-order valence-electron chi connectivity index (χ1n) is 6.09. The van der Waals surface area contributed by atoms with E-state index in [9.17, 15) is 9.59 Å². The molecule has 0 saturated carbocycles. The second-order valence-corrected chi connectivity index (χ2v) is 4.97. The zero-order valence-electron chi connectivity index (χ0n) is 11.1. The molecule has 2 N–H and O–H groups in total. The van der Waals surface area contributed by atoms with Gasteiger partial charge in [-0.15, -0.1) is 16.4 Å². The van der Waals surface area contributed by atoms with Crippen molar-refractivity contribution in [2.75, 3.05) is 0 Å². The zero-order chi connectivity index (χ0) is 15.2. The van der Waals surface area contributed by atoms with Gasteiger partial charge in [0.05, 0.1) is 5.69 Å².